The zero-order valence-electron chi connectivity index (χ0n) is 19.7. The summed E-state index contributed by atoms with van der Waals surface area (Å²) in [6.07, 6.45) is 13.5. The quantitative estimate of drug-likeness (QED) is 0.595. The summed E-state index contributed by atoms with van der Waals surface area (Å²) in [6, 6.07) is 8.01. The molecular weight excluding hydrogens is 432 g/mol. The molecule has 3 fully saturated rings. The summed E-state index contributed by atoms with van der Waals surface area (Å²) in [7, 11) is 0. The van der Waals surface area contributed by atoms with Crippen molar-refractivity contribution < 1.29 is 15.0 Å². The average molecular weight is 469 g/mol. The first-order chi connectivity index (χ1) is 16.6. The molecule has 0 spiro atoms. The van der Waals surface area contributed by atoms with E-state index in [1.165, 1.54) is 57.8 Å². The van der Waals surface area contributed by atoms with Crippen molar-refractivity contribution in [3.8, 4) is 0 Å². The third-order valence-electron chi connectivity index (χ3n) is 8.21. The summed E-state index contributed by atoms with van der Waals surface area (Å²) in [5.41, 5.74) is 1.14. The van der Waals surface area contributed by atoms with Crippen LogP contribution in [0, 0.1) is 0 Å². The molecule has 2 aliphatic heterocycles. The smallest absolute Gasteiger partial charge is 0.328 e. The van der Waals surface area contributed by atoms with Gasteiger partial charge in [0.2, 0.25) is 0 Å². The average Bonchev–Trinajstić information content (AvgIpc) is 3.06. The molecule has 0 radical (unpaired) electrons. The molecule has 3 atom stereocenters. The van der Waals surface area contributed by atoms with Gasteiger partial charge >= 0.3 is 5.97 Å². The van der Waals surface area contributed by atoms with Crippen molar-refractivity contribution in [1.29, 1.82) is 0 Å². The first-order valence-corrected chi connectivity index (χ1v) is 13.0. The number of aliphatic hydroxyl groups is 1. The first-order valence-electron chi connectivity index (χ1n) is 13.0. The SMILES string of the molecule is O=C(O)C(CO)Nc1nc2ccccc2n(C2CC3CCC(C2)N3C2CCCCCCC2)c1=O. The maximum atomic E-state index is 13.6. The van der Waals surface area contributed by atoms with Gasteiger partial charge in [0.25, 0.3) is 5.56 Å². The summed E-state index contributed by atoms with van der Waals surface area (Å²) in [4.78, 5) is 32.3. The zero-order chi connectivity index (χ0) is 23.7. The highest BCUT2D eigenvalue weighted by Gasteiger charge is 2.44. The van der Waals surface area contributed by atoms with Crippen LogP contribution in [0.3, 0.4) is 0 Å². The van der Waals surface area contributed by atoms with E-state index in [2.05, 4.69) is 15.2 Å². The molecule has 184 valence electrons. The Hall–Kier alpha value is -2.45. The molecule has 0 amide bonds. The van der Waals surface area contributed by atoms with Gasteiger partial charge in [-0.15, -0.1) is 0 Å². The second kappa shape index (κ2) is 10.0. The monoisotopic (exact) mass is 468 g/mol. The number of carbonyl (C=O) groups is 1. The molecule has 1 aliphatic carbocycles. The van der Waals surface area contributed by atoms with Crippen molar-refractivity contribution in [3.05, 3.63) is 34.6 Å². The number of anilines is 1. The van der Waals surface area contributed by atoms with Crippen molar-refractivity contribution in [3.63, 3.8) is 0 Å². The number of benzene rings is 1. The minimum atomic E-state index is -1.27. The van der Waals surface area contributed by atoms with E-state index in [1.54, 1.807) is 0 Å². The third-order valence-corrected chi connectivity index (χ3v) is 8.21. The Morgan fingerprint density at radius 3 is 2.26 bits per heavy atom. The van der Waals surface area contributed by atoms with E-state index in [9.17, 15) is 19.8 Å². The number of rotatable bonds is 6. The molecule has 3 unspecified atom stereocenters. The van der Waals surface area contributed by atoms with E-state index in [-0.39, 0.29) is 17.4 Å². The molecule has 2 bridgehead atoms. The summed E-state index contributed by atoms with van der Waals surface area (Å²) >= 11 is 0. The van der Waals surface area contributed by atoms with Crippen LogP contribution in [-0.4, -0.2) is 61.4 Å². The first kappa shape index (κ1) is 23.3. The van der Waals surface area contributed by atoms with E-state index in [1.807, 2.05) is 28.8 Å². The predicted molar refractivity (Wildman–Crippen MR) is 131 cm³/mol. The molecule has 1 aromatic heterocycles. The molecule has 5 rings (SSSR count). The topological polar surface area (TPSA) is 108 Å². The van der Waals surface area contributed by atoms with Crippen LogP contribution in [0.4, 0.5) is 5.82 Å². The van der Waals surface area contributed by atoms with E-state index in [0.717, 1.165) is 18.4 Å². The number of piperidine rings is 1. The van der Waals surface area contributed by atoms with Crippen molar-refractivity contribution in [2.45, 2.75) is 101 Å². The summed E-state index contributed by atoms with van der Waals surface area (Å²) in [5.74, 6) is -1.22. The lowest BCUT2D eigenvalue weighted by Gasteiger charge is -2.45. The number of nitrogens with zero attached hydrogens (tertiary/aromatic N) is 3. The zero-order valence-corrected chi connectivity index (χ0v) is 19.7. The van der Waals surface area contributed by atoms with Crippen LogP contribution in [0.15, 0.2) is 29.1 Å². The molecule has 3 aliphatic rings. The highest BCUT2D eigenvalue weighted by Crippen LogP contribution is 2.44. The Morgan fingerprint density at radius 1 is 0.971 bits per heavy atom. The van der Waals surface area contributed by atoms with Crippen molar-refractivity contribution in [2.24, 2.45) is 0 Å². The highest BCUT2D eigenvalue weighted by atomic mass is 16.4. The van der Waals surface area contributed by atoms with Gasteiger partial charge in [-0.25, -0.2) is 9.78 Å². The fourth-order valence-electron chi connectivity index (χ4n) is 6.69. The number of hydrogen-bond acceptors (Lipinski definition) is 6. The summed E-state index contributed by atoms with van der Waals surface area (Å²) in [5, 5.41) is 21.5. The molecule has 2 saturated heterocycles. The molecular formula is C26H36N4O4. The molecule has 2 aromatic rings. The maximum absolute atomic E-state index is 13.6. The van der Waals surface area contributed by atoms with Gasteiger partial charge in [0.15, 0.2) is 5.82 Å². The van der Waals surface area contributed by atoms with Gasteiger partial charge < -0.3 is 20.1 Å². The van der Waals surface area contributed by atoms with Gasteiger partial charge in [-0.3, -0.25) is 9.69 Å². The van der Waals surface area contributed by atoms with Crippen LogP contribution in [0.2, 0.25) is 0 Å². The fraction of sp³-hybridized carbons (Fsp3) is 0.654. The number of carboxylic acid groups (broad SMARTS) is 1. The third kappa shape index (κ3) is 4.45. The molecule has 34 heavy (non-hydrogen) atoms. The minimum absolute atomic E-state index is 0.00468. The van der Waals surface area contributed by atoms with Gasteiger partial charge in [-0.05, 0) is 50.7 Å². The van der Waals surface area contributed by atoms with Gasteiger partial charge in [-0.1, -0.05) is 44.2 Å². The number of hydrogen-bond donors (Lipinski definition) is 3. The number of aliphatic carboxylic acids is 1. The van der Waals surface area contributed by atoms with Gasteiger partial charge in [0.1, 0.15) is 6.04 Å². The molecule has 8 nitrogen and oxygen atoms in total. The lowest BCUT2D eigenvalue weighted by Crippen LogP contribution is -2.50. The minimum Gasteiger partial charge on any atom is -0.480 e. The van der Waals surface area contributed by atoms with Crippen LogP contribution in [0.25, 0.3) is 11.0 Å². The lowest BCUT2D eigenvalue weighted by atomic mass is 9.89. The summed E-state index contributed by atoms with van der Waals surface area (Å²) < 4.78 is 1.85. The van der Waals surface area contributed by atoms with Crippen molar-refractivity contribution in [1.82, 2.24) is 14.5 Å². The second-order valence-corrected chi connectivity index (χ2v) is 10.3. The Balaban J connectivity index is 1.46. The van der Waals surface area contributed by atoms with Crippen LogP contribution >= 0.6 is 0 Å². The van der Waals surface area contributed by atoms with Crippen molar-refractivity contribution in [2.75, 3.05) is 11.9 Å². The molecule has 3 N–H and O–H groups in total. The van der Waals surface area contributed by atoms with Gasteiger partial charge in [-0.2, -0.15) is 0 Å². The standard InChI is InChI=1S/C26H36N4O4/c31-16-22(26(33)34)28-24-25(32)30(23-11-7-6-10-21(23)27-24)20-14-18-12-13-19(15-20)29(18)17-8-4-2-1-3-5-9-17/h6-7,10-11,17-20,22,31H,1-5,8-9,12-16H2,(H,27,28)(H,33,34). The fourth-order valence-corrected chi connectivity index (χ4v) is 6.69. The van der Waals surface area contributed by atoms with Crippen LogP contribution in [0.1, 0.15) is 76.7 Å². The molecule has 1 aromatic carbocycles. The molecule has 3 heterocycles. The Labute approximate surface area is 200 Å². The number of aliphatic hydroxyl groups excluding tert-OH is 1. The second-order valence-electron chi connectivity index (χ2n) is 10.3. The van der Waals surface area contributed by atoms with E-state index < -0.39 is 18.6 Å². The normalized spacial score (nSPS) is 27.3. The largest absolute Gasteiger partial charge is 0.480 e. The predicted octanol–water partition coefficient (Wildman–Crippen LogP) is 3.53. The molecule has 1 saturated carbocycles. The van der Waals surface area contributed by atoms with E-state index in [4.69, 9.17) is 0 Å². The Morgan fingerprint density at radius 2 is 1.62 bits per heavy atom. The Kier molecular flexibility index (Phi) is 6.88. The van der Waals surface area contributed by atoms with E-state index in [0.29, 0.717) is 23.6 Å². The van der Waals surface area contributed by atoms with Crippen LogP contribution in [0.5, 0.6) is 0 Å². The van der Waals surface area contributed by atoms with Crippen LogP contribution < -0.4 is 10.9 Å². The summed E-state index contributed by atoms with van der Waals surface area (Å²) in [6.45, 7) is -0.618. The van der Waals surface area contributed by atoms with Gasteiger partial charge in [0.05, 0.1) is 17.6 Å². The Bertz CT molecular complexity index is 1060. The maximum Gasteiger partial charge on any atom is 0.328 e. The van der Waals surface area contributed by atoms with Crippen LogP contribution in [-0.2, 0) is 4.79 Å². The molecule has 8 heteroatoms. The number of aromatic nitrogens is 2. The number of para-hydroxylation sites is 2. The number of carboxylic acids is 1. The number of nitrogens with one attached hydrogen (secondary N) is 1. The van der Waals surface area contributed by atoms with E-state index >= 15 is 0 Å². The number of fused-ring (bicyclic) bond motifs is 3. The van der Waals surface area contributed by atoms with Gasteiger partial charge in [0, 0.05) is 24.2 Å². The highest BCUT2D eigenvalue weighted by molar-refractivity contribution is 5.79. The lowest BCUT2D eigenvalue weighted by molar-refractivity contribution is -0.138. The van der Waals surface area contributed by atoms with Crippen molar-refractivity contribution >= 4 is 22.8 Å².